The molecule has 0 aromatic rings. The van der Waals surface area contributed by atoms with E-state index in [4.69, 9.17) is 28.0 Å². The SMILES string of the molecule is NC(=O)CC(N)C(=O)NC(CCCN=C(N)N)C(=O)NC(CO)C(=O)NC(CS)C(=O)O. The number of hydrogen-bond acceptors (Lipinski definition) is 9. The molecule has 0 spiro atoms. The van der Waals surface area contributed by atoms with Crippen LogP contribution in [0.1, 0.15) is 19.3 Å². The number of aliphatic hydroxyl groups is 1. The number of nitrogens with one attached hydrogen (secondary N) is 3. The molecule has 182 valence electrons. The average Bonchev–Trinajstić information content (AvgIpc) is 2.70. The Balaban J connectivity index is 5.29. The lowest BCUT2D eigenvalue weighted by Gasteiger charge is -2.24. The van der Waals surface area contributed by atoms with Crippen molar-refractivity contribution >= 4 is 48.2 Å². The van der Waals surface area contributed by atoms with Crippen molar-refractivity contribution < 1.29 is 34.2 Å². The van der Waals surface area contributed by atoms with Crippen molar-refractivity contribution in [2.75, 3.05) is 18.9 Å². The molecular formula is C16H30N8O7S. The molecule has 0 aromatic heterocycles. The molecule has 0 bridgehead atoms. The number of guanidine groups is 1. The monoisotopic (exact) mass is 478 g/mol. The van der Waals surface area contributed by atoms with E-state index in [1.165, 1.54) is 0 Å². The number of nitrogens with two attached hydrogens (primary N) is 4. The second-order valence-electron chi connectivity index (χ2n) is 6.61. The molecule has 0 rings (SSSR count). The van der Waals surface area contributed by atoms with E-state index < -0.39 is 66.8 Å². The summed E-state index contributed by atoms with van der Waals surface area (Å²) in [6.07, 6.45) is -0.222. The lowest BCUT2D eigenvalue weighted by atomic mass is 10.1. The number of thiol groups is 1. The van der Waals surface area contributed by atoms with E-state index in [9.17, 15) is 29.1 Å². The van der Waals surface area contributed by atoms with Crippen molar-refractivity contribution in [2.24, 2.45) is 27.9 Å². The third-order valence-corrected chi connectivity index (χ3v) is 4.31. The fourth-order valence-corrected chi connectivity index (χ4v) is 2.53. The van der Waals surface area contributed by atoms with Crippen LogP contribution in [0.2, 0.25) is 0 Å². The molecule has 4 amide bonds. The Morgan fingerprint density at radius 3 is 1.91 bits per heavy atom. The molecule has 13 N–H and O–H groups in total. The van der Waals surface area contributed by atoms with Gasteiger partial charge >= 0.3 is 5.97 Å². The number of carboxylic acid groups (broad SMARTS) is 1. The van der Waals surface area contributed by atoms with Gasteiger partial charge in [0.25, 0.3) is 0 Å². The van der Waals surface area contributed by atoms with Crippen LogP contribution in [-0.4, -0.2) is 88.8 Å². The van der Waals surface area contributed by atoms with Gasteiger partial charge in [-0.3, -0.25) is 24.2 Å². The van der Waals surface area contributed by atoms with Gasteiger partial charge in [-0.2, -0.15) is 12.6 Å². The molecule has 0 aromatic carbocycles. The Labute approximate surface area is 189 Å². The number of carbonyl (C=O) groups excluding carboxylic acids is 4. The lowest BCUT2D eigenvalue weighted by molar-refractivity contribution is -0.142. The van der Waals surface area contributed by atoms with Crippen molar-refractivity contribution in [3.8, 4) is 0 Å². The third-order valence-electron chi connectivity index (χ3n) is 3.95. The van der Waals surface area contributed by atoms with E-state index in [0.29, 0.717) is 0 Å². The number of rotatable bonds is 15. The van der Waals surface area contributed by atoms with Gasteiger partial charge < -0.3 is 49.1 Å². The predicted octanol–water partition coefficient (Wildman–Crippen LogP) is -5.30. The maximum Gasteiger partial charge on any atom is 0.327 e. The van der Waals surface area contributed by atoms with E-state index in [-0.39, 0.29) is 31.1 Å². The van der Waals surface area contributed by atoms with Gasteiger partial charge in [0.1, 0.15) is 18.1 Å². The van der Waals surface area contributed by atoms with Crippen LogP contribution in [0.5, 0.6) is 0 Å². The van der Waals surface area contributed by atoms with Gasteiger partial charge in [-0.15, -0.1) is 0 Å². The van der Waals surface area contributed by atoms with Gasteiger partial charge in [0.05, 0.1) is 19.1 Å². The molecule has 0 aliphatic heterocycles. The standard InChI is InChI=1S/C16H30N8O7S/c17-7(4-11(18)26)12(27)22-8(2-1-3-21-16(19)20)13(28)23-9(5-25)14(29)24-10(6-32)15(30)31/h7-10,25,32H,1-6,17H2,(H2,18,26)(H,22,27)(H,23,28)(H,24,29)(H,30,31)(H4,19,20,21). The Morgan fingerprint density at radius 1 is 0.906 bits per heavy atom. The molecule has 0 aliphatic rings. The summed E-state index contributed by atoms with van der Waals surface area (Å²) >= 11 is 3.81. The summed E-state index contributed by atoms with van der Waals surface area (Å²) in [4.78, 5) is 62.8. The van der Waals surface area contributed by atoms with Crippen LogP contribution in [-0.2, 0) is 24.0 Å². The van der Waals surface area contributed by atoms with Gasteiger partial charge in [-0.1, -0.05) is 0 Å². The number of hydrogen-bond donors (Lipinski definition) is 10. The highest BCUT2D eigenvalue weighted by Gasteiger charge is 2.29. The van der Waals surface area contributed by atoms with Crippen molar-refractivity contribution in [3.05, 3.63) is 0 Å². The number of aliphatic imine (C=N–C) groups is 1. The van der Waals surface area contributed by atoms with Crippen molar-refractivity contribution in [2.45, 2.75) is 43.4 Å². The van der Waals surface area contributed by atoms with Crippen LogP contribution in [0.4, 0.5) is 0 Å². The van der Waals surface area contributed by atoms with Crippen LogP contribution >= 0.6 is 12.6 Å². The smallest absolute Gasteiger partial charge is 0.327 e. The summed E-state index contributed by atoms with van der Waals surface area (Å²) in [6, 6.07) is -5.42. The minimum absolute atomic E-state index is 0.00576. The minimum Gasteiger partial charge on any atom is -0.480 e. The molecule has 0 radical (unpaired) electrons. The molecule has 0 fully saturated rings. The molecule has 0 saturated carbocycles. The van der Waals surface area contributed by atoms with Crippen LogP contribution in [0.15, 0.2) is 4.99 Å². The summed E-state index contributed by atoms with van der Waals surface area (Å²) in [6.45, 7) is -0.728. The third kappa shape index (κ3) is 11.3. The highest BCUT2D eigenvalue weighted by atomic mass is 32.1. The van der Waals surface area contributed by atoms with Crippen molar-refractivity contribution in [1.82, 2.24) is 16.0 Å². The molecule has 0 saturated heterocycles. The topological polar surface area (TPSA) is 278 Å². The zero-order chi connectivity index (χ0) is 24.8. The summed E-state index contributed by atoms with van der Waals surface area (Å²) in [5, 5.41) is 25.1. The predicted molar refractivity (Wildman–Crippen MR) is 116 cm³/mol. The Bertz CT molecular complexity index is 717. The number of carbonyl (C=O) groups is 5. The maximum absolute atomic E-state index is 12.6. The molecule has 15 nitrogen and oxygen atoms in total. The highest BCUT2D eigenvalue weighted by Crippen LogP contribution is 2.02. The molecular weight excluding hydrogens is 448 g/mol. The summed E-state index contributed by atoms with van der Waals surface area (Å²) in [5.74, 6) is -5.28. The summed E-state index contributed by atoms with van der Waals surface area (Å²) in [5.41, 5.74) is 21.0. The minimum atomic E-state index is -1.51. The fourth-order valence-electron chi connectivity index (χ4n) is 2.28. The second kappa shape index (κ2) is 14.8. The first kappa shape index (κ1) is 28.9. The maximum atomic E-state index is 12.6. The number of carboxylic acids is 1. The first-order chi connectivity index (χ1) is 14.9. The van der Waals surface area contributed by atoms with E-state index in [1.54, 1.807) is 0 Å². The Kier molecular flexibility index (Phi) is 13.4. The van der Waals surface area contributed by atoms with E-state index in [0.717, 1.165) is 0 Å². The molecule has 32 heavy (non-hydrogen) atoms. The van der Waals surface area contributed by atoms with Gasteiger partial charge in [0, 0.05) is 12.3 Å². The summed E-state index contributed by atoms with van der Waals surface area (Å²) in [7, 11) is 0. The lowest BCUT2D eigenvalue weighted by Crippen LogP contribution is -2.58. The van der Waals surface area contributed by atoms with E-state index >= 15 is 0 Å². The molecule has 4 unspecified atom stereocenters. The number of aliphatic carboxylic acids is 1. The zero-order valence-corrected chi connectivity index (χ0v) is 18.1. The highest BCUT2D eigenvalue weighted by molar-refractivity contribution is 7.80. The second-order valence-corrected chi connectivity index (χ2v) is 6.98. The van der Waals surface area contributed by atoms with Gasteiger partial charge in [-0.25, -0.2) is 4.79 Å². The first-order valence-electron chi connectivity index (χ1n) is 9.37. The molecule has 16 heteroatoms. The molecule has 0 heterocycles. The average molecular weight is 479 g/mol. The summed E-state index contributed by atoms with van der Waals surface area (Å²) < 4.78 is 0. The van der Waals surface area contributed by atoms with E-state index in [1.807, 2.05) is 0 Å². The number of amides is 4. The van der Waals surface area contributed by atoms with Gasteiger partial charge in [0.15, 0.2) is 5.96 Å². The zero-order valence-electron chi connectivity index (χ0n) is 17.2. The molecule has 0 aliphatic carbocycles. The first-order valence-corrected chi connectivity index (χ1v) is 10.0. The van der Waals surface area contributed by atoms with Crippen molar-refractivity contribution in [3.63, 3.8) is 0 Å². The van der Waals surface area contributed by atoms with Crippen LogP contribution < -0.4 is 38.9 Å². The largest absolute Gasteiger partial charge is 0.480 e. The van der Waals surface area contributed by atoms with E-state index in [2.05, 4.69) is 33.6 Å². The number of nitrogens with zero attached hydrogens (tertiary/aromatic N) is 1. The van der Waals surface area contributed by atoms with Crippen LogP contribution in [0, 0.1) is 0 Å². The Morgan fingerprint density at radius 2 is 1.44 bits per heavy atom. The normalized spacial score (nSPS) is 14.2. The Hall–Kier alpha value is -3.11. The van der Waals surface area contributed by atoms with Crippen LogP contribution in [0.25, 0.3) is 0 Å². The van der Waals surface area contributed by atoms with Crippen LogP contribution in [0.3, 0.4) is 0 Å². The van der Waals surface area contributed by atoms with Gasteiger partial charge in [-0.05, 0) is 12.8 Å². The quantitative estimate of drug-likeness (QED) is 0.0461. The fraction of sp³-hybridized carbons (Fsp3) is 0.625. The van der Waals surface area contributed by atoms with Crippen molar-refractivity contribution in [1.29, 1.82) is 0 Å². The number of aliphatic hydroxyl groups excluding tert-OH is 1. The number of primary amides is 1. The van der Waals surface area contributed by atoms with Gasteiger partial charge in [0.2, 0.25) is 23.6 Å². The molecule has 4 atom stereocenters.